The van der Waals surface area contributed by atoms with Gasteiger partial charge >= 0.3 is 0 Å². The van der Waals surface area contributed by atoms with Crippen LogP contribution in [0.3, 0.4) is 0 Å². The van der Waals surface area contributed by atoms with Gasteiger partial charge in [-0.3, -0.25) is 19.2 Å². The van der Waals surface area contributed by atoms with Crippen molar-refractivity contribution in [1.82, 2.24) is 44.4 Å². The van der Waals surface area contributed by atoms with Gasteiger partial charge in [-0.05, 0) is 73.0 Å². The van der Waals surface area contributed by atoms with E-state index in [9.17, 15) is 19.8 Å². The number of anilines is 2. The molecular formula is C45H52FN11O5. The number of fused-ring (bicyclic) bond motifs is 1. The number of amides is 2. The Morgan fingerprint density at radius 3 is 2.31 bits per heavy atom. The molecule has 0 radical (unpaired) electrons. The van der Waals surface area contributed by atoms with E-state index in [-0.39, 0.29) is 70.0 Å². The molecule has 0 bridgehead atoms. The van der Waals surface area contributed by atoms with Gasteiger partial charge in [0, 0.05) is 82.0 Å². The number of halogens is 1. The van der Waals surface area contributed by atoms with Gasteiger partial charge in [0.25, 0.3) is 5.91 Å². The highest BCUT2D eigenvalue weighted by Crippen LogP contribution is 2.36. The number of phenols is 2. The van der Waals surface area contributed by atoms with Crippen LogP contribution >= 0.6 is 0 Å². The van der Waals surface area contributed by atoms with Gasteiger partial charge < -0.3 is 35.4 Å². The molecule has 0 spiro atoms. The molecule has 16 nitrogen and oxygen atoms in total. The van der Waals surface area contributed by atoms with Crippen molar-refractivity contribution >= 4 is 23.6 Å². The largest absolute Gasteiger partial charge is 0.508 e. The summed E-state index contributed by atoms with van der Waals surface area (Å²) in [6.45, 7) is 10.4. The summed E-state index contributed by atoms with van der Waals surface area (Å²) in [6, 6.07) is 9.29. The summed E-state index contributed by atoms with van der Waals surface area (Å²) >= 11 is 0. The number of aromatic hydroxyl groups is 2. The Hall–Kier alpha value is -6.20. The molecule has 0 atom stereocenters. The normalized spacial score (nSPS) is 17.8. The number of ether oxygens (including phenoxy) is 1. The minimum atomic E-state index is -0.528. The standard InChI is InChI=1S/C45H52FN11O5/c1-27(2)35-18-36(38(59)19-37(35)58)44(61)56-24-30-4-3-28(17-31(30)25-56)23-53-9-5-29(6-10-53)43(60)55-11-7-34(8-12-55)57-26-33(22-50-57)40-39(46)42(54-13-15-62-16-14-54)52-41(51-40)32-20-48-45(47)49-21-32/h3-4,17-22,26-27,29,34,58-59H,5-16,23-25H2,1-2H3,(H2,47,48,49). The molecule has 4 N–H and O–H groups in total. The van der Waals surface area contributed by atoms with Crippen molar-refractivity contribution < 1.29 is 28.9 Å². The summed E-state index contributed by atoms with van der Waals surface area (Å²) in [5.74, 6) is -0.230. The molecule has 0 unspecified atom stereocenters. The molecule has 5 aromatic rings. The fourth-order valence-electron chi connectivity index (χ4n) is 9.15. The number of piperidine rings is 2. The minimum absolute atomic E-state index is 0.00209. The van der Waals surface area contributed by atoms with Crippen molar-refractivity contribution in [1.29, 1.82) is 0 Å². The first-order chi connectivity index (χ1) is 30.0. The van der Waals surface area contributed by atoms with Crippen molar-refractivity contribution in [3.8, 4) is 34.1 Å². The number of nitrogens with zero attached hydrogens (tertiary/aromatic N) is 10. The van der Waals surface area contributed by atoms with E-state index in [2.05, 4.69) is 48.1 Å². The number of nitrogens with two attached hydrogens (primary N) is 1. The Morgan fingerprint density at radius 2 is 1.58 bits per heavy atom. The van der Waals surface area contributed by atoms with E-state index in [0.29, 0.717) is 69.2 Å². The number of benzene rings is 2. The zero-order valence-electron chi connectivity index (χ0n) is 35.1. The van der Waals surface area contributed by atoms with E-state index in [1.807, 2.05) is 34.5 Å². The van der Waals surface area contributed by atoms with Crippen molar-refractivity contribution in [2.75, 3.05) is 63.1 Å². The van der Waals surface area contributed by atoms with Crippen molar-refractivity contribution in [2.45, 2.75) is 71.1 Å². The summed E-state index contributed by atoms with van der Waals surface area (Å²) in [7, 11) is 0. The fraction of sp³-hybridized carbons (Fsp3) is 0.444. The third kappa shape index (κ3) is 8.38. The predicted octanol–water partition coefficient (Wildman–Crippen LogP) is 5.12. The number of hydrogen-bond acceptors (Lipinski definition) is 13. The van der Waals surface area contributed by atoms with Crippen LogP contribution in [0.15, 0.2) is 55.1 Å². The monoisotopic (exact) mass is 845 g/mol. The van der Waals surface area contributed by atoms with E-state index >= 15 is 4.39 Å². The Morgan fingerprint density at radius 1 is 0.855 bits per heavy atom. The molecule has 3 saturated heterocycles. The molecule has 0 aliphatic carbocycles. The summed E-state index contributed by atoms with van der Waals surface area (Å²) in [5.41, 5.74) is 11.1. The smallest absolute Gasteiger partial charge is 0.258 e. The third-order valence-electron chi connectivity index (χ3n) is 12.7. The highest BCUT2D eigenvalue weighted by Gasteiger charge is 2.33. The molecule has 4 aliphatic heterocycles. The average molecular weight is 846 g/mol. The second kappa shape index (κ2) is 17.3. The SMILES string of the molecule is CC(C)c1cc(C(=O)N2Cc3ccc(CN4CCC(C(=O)N5CCC(n6cc(-c7nc(-c8cnc(N)nc8)nc(N8CCOCC8)c7F)cn6)CC5)CC4)cc3C2)c(O)cc1O. The van der Waals surface area contributed by atoms with Gasteiger partial charge in [-0.25, -0.2) is 24.3 Å². The lowest BCUT2D eigenvalue weighted by atomic mass is 9.93. The van der Waals surface area contributed by atoms with E-state index in [1.165, 1.54) is 18.5 Å². The van der Waals surface area contributed by atoms with Crippen LogP contribution in [0.4, 0.5) is 16.2 Å². The molecule has 2 aromatic carbocycles. The van der Waals surface area contributed by atoms with Crippen molar-refractivity contribution in [3.05, 3.63) is 88.8 Å². The topological polar surface area (TPSA) is 192 Å². The molecule has 3 aromatic heterocycles. The third-order valence-corrected chi connectivity index (χ3v) is 12.7. The summed E-state index contributed by atoms with van der Waals surface area (Å²) < 4.78 is 23.6. The van der Waals surface area contributed by atoms with Gasteiger partial charge in [0.1, 0.15) is 17.2 Å². The van der Waals surface area contributed by atoms with E-state index in [4.69, 9.17) is 10.5 Å². The first-order valence-corrected chi connectivity index (χ1v) is 21.5. The van der Waals surface area contributed by atoms with Gasteiger partial charge in [0.05, 0.1) is 36.6 Å². The van der Waals surface area contributed by atoms with Gasteiger partial charge in [-0.2, -0.15) is 5.10 Å². The van der Waals surface area contributed by atoms with E-state index in [1.54, 1.807) is 17.2 Å². The van der Waals surface area contributed by atoms with Crippen LogP contribution in [0.25, 0.3) is 22.6 Å². The number of nitrogen functional groups attached to an aromatic ring is 1. The second-order valence-corrected chi connectivity index (χ2v) is 17.1. The number of carbonyl (C=O) groups excluding carboxylic acids is 2. The number of hydrogen-bond donors (Lipinski definition) is 3. The lowest BCUT2D eigenvalue weighted by Crippen LogP contribution is -2.45. The van der Waals surface area contributed by atoms with Crippen molar-refractivity contribution in [2.24, 2.45) is 5.92 Å². The first kappa shape index (κ1) is 41.2. The maximum atomic E-state index is 16.2. The van der Waals surface area contributed by atoms with E-state index < -0.39 is 5.82 Å². The molecule has 4 aliphatic rings. The molecule has 62 heavy (non-hydrogen) atoms. The van der Waals surface area contributed by atoms with Crippen molar-refractivity contribution in [3.63, 3.8) is 0 Å². The van der Waals surface area contributed by atoms with Crippen LogP contribution in [-0.4, -0.2) is 119 Å². The highest BCUT2D eigenvalue weighted by atomic mass is 19.1. The first-order valence-electron chi connectivity index (χ1n) is 21.5. The Labute approximate surface area is 359 Å². The fourth-order valence-corrected chi connectivity index (χ4v) is 9.15. The second-order valence-electron chi connectivity index (χ2n) is 17.1. The lowest BCUT2D eigenvalue weighted by Gasteiger charge is -2.37. The number of phenolic OH excluding ortho intramolecular Hbond substituents is 2. The summed E-state index contributed by atoms with van der Waals surface area (Å²) in [6.07, 6.45) is 9.58. The molecule has 2 amide bonds. The molecule has 3 fully saturated rings. The van der Waals surface area contributed by atoms with Gasteiger partial charge in [-0.15, -0.1) is 0 Å². The quantitative estimate of drug-likeness (QED) is 0.177. The maximum Gasteiger partial charge on any atom is 0.258 e. The van der Waals surface area contributed by atoms with Crippen LogP contribution in [-0.2, 0) is 29.2 Å². The molecule has 7 heterocycles. The Bertz CT molecular complexity index is 2460. The van der Waals surface area contributed by atoms with Gasteiger partial charge in [0.15, 0.2) is 17.5 Å². The molecule has 0 saturated carbocycles. The lowest BCUT2D eigenvalue weighted by molar-refractivity contribution is -0.138. The maximum absolute atomic E-state index is 16.2. The predicted molar refractivity (Wildman–Crippen MR) is 228 cm³/mol. The molecule has 17 heteroatoms. The number of rotatable bonds is 9. The number of morpholine rings is 1. The van der Waals surface area contributed by atoms with Crippen LogP contribution < -0.4 is 10.6 Å². The van der Waals surface area contributed by atoms with Gasteiger partial charge in [0.2, 0.25) is 11.9 Å². The van der Waals surface area contributed by atoms with Crippen LogP contribution in [0.2, 0.25) is 0 Å². The average Bonchev–Trinajstić information content (AvgIpc) is 3.95. The number of likely N-dealkylation sites (tertiary alicyclic amines) is 2. The number of carbonyl (C=O) groups is 2. The molecule has 324 valence electrons. The van der Waals surface area contributed by atoms with Crippen LogP contribution in [0.5, 0.6) is 11.5 Å². The van der Waals surface area contributed by atoms with Gasteiger partial charge in [-0.1, -0.05) is 32.0 Å². The summed E-state index contributed by atoms with van der Waals surface area (Å²) in [5, 5.41) is 25.4. The highest BCUT2D eigenvalue weighted by molar-refractivity contribution is 5.97. The summed E-state index contributed by atoms with van der Waals surface area (Å²) in [4.78, 5) is 52.6. The van der Waals surface area contributed by atoms with E-state index in [0.717, 1.165) is 62.0 Å². The zero-order chi connectivity index (χ0) is 43.1. The molecule has 9 rings (SSSR count). The number of aromatic nitrogens is 6. The Kier molecular flexibility index (Phi) is 11.5. The van der Waals surface area contributed by atoms with Crippen LogP contribution in [0, 0.1) is 11.7 Å². The molecular weight excluding hydrogens is 794 g/mol. The minimum Gasteiger partial charge on any atom is -0.508 e. The zero-order valence-corrected chi connectivity index (χ0v) is 35.1. The Balaban J connectivity index is 0.781. The van der Waals surface area contributed by atoms with Crippen LogP contribution in [0.1, 0.15) is 84.1 Å².